The van der Waals surface area contributed by atoms with Crippen molar-refractivity contribution in [1.29, 1.82) is 0 Å². The fourth-order valence-corrected chi connectivity index (χ4v) is 3.20. The standard InChI is InChI=1S/C22H24FN3O3/c1-14(2)12-26-21(27)17-8-6-5-7-16(17)20(24-26)22(28)25(3)13-15-9-10-19(29-4)18(23)11-15/h5-11,14H,12-13H2,1-4H3. The minimum Gasteiger partial charge on any atom is -0.494 e. The maximum atomic E-state index is 14.0. The summed E-state index contributed by atoms with van der Waals surface area (Å²) in [6.45, 7) is 4.57. The molecule has 0 bridgehead atoms. The van der Waals surface area contributed by atoms with Crippen LogP contribution in [0.25, 0.3) is 10.8 Å². The molecule has 0 atom stereocenters. The van der Waals surface area contributed by atoms with Gasteiger partial charge in [-0.3, -0.25) is 9.59 Å². The van der Waals surface area contributed by atoms with Crippen molar-refractivity contribution >= 4 is 16.7 Å². The summed E-state index contributed by atoms with van der Waals surface area (Å²) < 4.78 is 20.2. The van der Waals surface area contributed by atoms with Crippen LogP contribution in [0.4, 0.5) is 4.39 Å². The molecule has 152 valence electrons. The number of fused-ring (bicyclic) bond motifs is 1. The normalized spacial score (nSPS) is 11.1. The molecule has 1 aromatic heterocycles. The van der Waals surface area contributed by atoms with E-state index in [-0.39, 0.29) is 35.4 Å². The number of methoxy groups -OCH3 is 1. The molecular formula is C22H24FN3O3. The molecule has 0 aliphatic carbocycles. The number of hydrogen-bond acceptors (Lipinski definition) is 4. The summed E-state index contributed by atoms with van der Waals surface area (Å²) in [7, 11) is 3.02. The van der Waals surface area contributed by atoms with Crippen molar-refractivity contribution in [1.82, 2.24) is 14.7 Å². The Morgan fingerprint density at radius 3 is 2.52 bits per heavy atom. The fraction of sp³-hybridized carbons (Fsp3) is 0.318. The Labute approximate surface area is 168 Å². The predicted octanol–water partition coefficient (Wildman–Crippen LogP) is 3.47. The Kier molecular flexibility index (Phi) is 5.96. The first-order valence-corrected chi connectivity index (χ1v) is 9.39. The summed E-state index contributed by atoms with van der Waals surface area (Å²) in [5, 5.41) is 5.33. The third-order valence-corrected chi connectivity index (χ3v) is 4.59. The van der Waals surface area contributed by atoms with Gasteiger partial charge in [-0.2, -0.15) is 5.10 Å². The van der Waals surface area contributed by atoms with Crippen molar-refractivity contribution in [2.24, 2.45) is 5.92 Å². The van der Waals surface area contributed by atoms with Gasteiger partial charge < -0.3 is 9.64 Å². The fourth-order valence-electron chi connectivity index (χ4n) is 3.20. The molecule has 3 rings (SSSR count). The van der Waals surface area contributed by atoms with E-state index >= 15 is 0 Å². The van der Waals surface area contributed by atoms with Gasteiger partial charge in [0.15, 0.2) is 17.3 Å². The lowest BCUT2D eigenvalue weighted by molar-refractivity contribution is 0.0778. The Bertz CT molecular complexity index is 1110. The van der Waals surface area contributed by atoms with Crippen LogP contribution in [0.2, 0.25) is 0 Å². The van der Waals surface area contributed by atoms with Crippen LogP contribution in [0.15, 0.2) is 47.3 Å². The van der Waals surface area contributed by atoms with Gasteiger partial charge in [0.05, 0.1) is 12.5 Å². The van der Waals surface area contributed by atoms with Gasteiger partial charge in [-0.25, -0.2) is 9.07 Å². The largest absolute Gasteiger partial charge is 0.494 e. The molecule has 0 radical (unpaired) electrons. The molecule has 29 heavy (non-hydrogen) atoms. The van der Waals surface area contributed by atoms with Crippen LogP contribution in [0.1, 0.15) is 29.9 Å². The molecule has 3 aromatic rings. The molecular weight excluding hydrogens is 373 g/mol. The summed E-state index contributed by atoms with van der Waals surface area (Å²) in [4.78, 5) is 27.3. The highest BCUT2D eigenvalue weighted by atomic mass is 19.1. The third kappa shape index (κ3) is 4.29. The minimum absolute atomic E-state index is 0.149. The summed E-state index contributed by atoms with van der Waals surface area (Å²) in [6.07, 6.45) is 0. The lowest BCUT2D eigenvalue weighted by Gasteiger charge is -2.19. The Balaban J connectivity index is 1.98. The lowest BCUT2D eigenvalue weighted by atomic mass is 10.1. The third-order valence-electron chi connectivity index (χ3n) is 4.59. The molecule has 2 aromatic carbocycles. The zero-order chi connectivity index (χ0) is 21.1. The maximum Gasteiger partial charge on any atom is 0.274 e. The summed E-state index contributed by atoms with van der Waals surface area (Å²) in [6, 6.07) is 11.5. The molecule has 7 heteroatoms. The Morgan fingerprint density at radius 2 is 1.90 bits per heavy atom. The average Bonchev–Trinajstić information content (AvgIpc) is 2.69. The molecule has 0 aliphatic heterocycles. The highest BCUT2D eigenvalue weighted by Gasteiger charge is 2.20. The molecule has 0 unspecified atom stereocenters. The van der Waals surface area contributed by atoms with Gasteiger partial charge in [-0.15, -0.1) is 0 Å². The monoisotopic (exact) mass is 397 g/mol. The van der Waals surface area contributed by atoms with Crippen molar-refractivity contribution in [2.45, 2.75) is 26.9 Å². The van der Waals surface area contributed by atoms with Crippen LogP contribution in [0.5, 0.6) is 5.75 Å². The van der Waals surface area contributed by atoms with E-state index < -0.39 is 5.82 Å². The van der Waals surface area contributed by atoms with Gasteiger partial charge >= 0.3 is 0 Å². The van der Waals surface area contributed by atoms with Gasteiger partial charge in [0.25, 0.3) is 11.5 Å². The van der Waals surface area contributed by atoms with Gasteiger partial charge in [0, 0.05) is 25.5 Å². The van der Waals surface area contributed by atoms with E-state index in [1.54, 1.807) is 37.4 Å². The maximum absolute atomic E-state index is 14.0. The van der Waals surface area contributed by atoms with Crippen molar-refractivity contribution in [3.63, 3.8) is 0 Å². The second-order valence-corrected chi connectivity index (χ2v) is 7.41. The molecule has 0 spiro atoms. The number of halogens is 1. The van der Waals surface area contributed by atoms with Gasteiger partial charge in [0.2, 0.25) is 0 Å². The quantitative estimate of drug-likeness (QED) is 0.639. The van der Waals surface area contributed by atoms with Crippen LogP contribution < -0.4 is 10.3 Å². The highest BCUT2D eigenvalue weighted by Crippen LogP contribution is 2.20. The van der Waals surface area contributed by atoms with E-state index in [1.165, 1.54) is 28.8 Å². The smallest absolute Gasteiger partial charge is 0.274 e. The molecule has 1 heterocycles. The van der Waals surface area contributed by atoms with Crippen LogP contribution in [-0.4, -0.2) is 34.7 Å². The molecule has 1 amide bonds. The first kappa shape index (κ1) is 20.5. The number of benzene rings is 2. The van der Waals surface area contributed by atoms with Crippen LogP contribution in [0.3, 0.4) is 0 Å². The van der Waals surface area contributed by atoms with E-state index in [2.05, 4.69) is 5.10 Å². The van der Waals surface area contributed by atoms with Gasteiger partial charge in [-0.05, 0) is 29.7 Å². The molecule has 0 N–H and O–H groups in total. The van der Waals surface area contributed by atoms with Crippen molar-refractivity contribution < 1.29 is 13.9 Å². The zero-order valence-electron chi connectivity index (χ0n) is 17.0. The minimum atomic E-state index is -0.486. The topological polar surface area (TPSA) is 64.4 Å². The predicted molar refractivity (Wildman–Crippen MR) is 110 cm³/mol. The summed E-state index contributed by atoms with van der Waals surface area (Å²) in [5.41, 5.74) is 0.613. The molecule has 0 fully saturated rings. The second kappa shape index (κ2) is 8.43. The number of amides is 1. The first-order chi connectivity index (χ1) is 13.8. The highest BCUT2D eigenvalue weighted by molar-refractivity contribution is 6.04. The van der Waals surface area contributed by atoms with Gasteiger partial charge in [0.1, 0.15) is 0 Å². The van der Waals surface area contributed by atoms with Crippen LogP contribution in [-0.2, 0) is 13.1 Å². The molecule has 6 nitrogen and oxygen atoms in total. The van der Waals surface area contributed by atoms with E-state index in [9.17, 15) is 14.0 Å². The number of nitrogens with zero attached hydrogens (tertiary/aromatic N) is 3. The first-order valence-electron chi connectivity index (χ1n) is 9.39. The average molecular weight is 397 g/mol. The number of hydrogen-bond donors (Lipinski definition) is 0. The lowest BCUT2D eigenvalue weighted by Crippen LogP contribution is -2.32. The van der Waals surface area contributed by atoms with Gasteiger partial charge in [-0.1, -0.05) is 38.1 Å². The van der Waals surface area contributed by atoms with Crippen molar-refractivity contribution in [3.05, 3.63) is 69.9 Å². The van der Waals surface area contributed by atoms with Crippen LogP contribution in [0, 0.1) is 11.7 Å². The molecule has 0 aliphatic rings. The second-order valence-electron chi connectivity index (χ2n) is 7.41. The Hall–Kier alpha value is -3.22. The molecule has 0 saturated heterocycles. The number of carbonyl (C=O) groups excluding carboxylic acids is 1. The van der Waals surface area contributed by atoms with E-state index in [1.807, 2.05) is 13.8 Å². The summed E-state index contributed by atoms with van der Waals surface area (Å²) in [5.74, 6) is -0.477. The number of aromatic nitrogens is 2. The number of rotatable bonds is 6. The number of carbonyl (C=O) groups is 1. The Morgan fingerprint density at radius 1 is 1.21 bits per heavy atom. The van der Waals surface area contributed by atoms with E-state index in [0.29, 0.717) is 22.9 Å². The van der Waals surface area contributed by atoms with Crippen molar-refractivity contribution in [3.8, 4) is 5.75 Å². The SMILES string of the molecule is COc1ccc(CN(C)C(=O)c2nn(CC(C)C)c(=O)c3ccccc23)cc1F. The molecule has 0 saturated carbocycles. The zero-order valence-corrected chi connectivity index (χ0v) is 17.0. The van der Waals surface area contributed by atoms with Crippen LogP contribution >= 0.6 is 0 Å². The number of ether oxygens (including phenoxy) is 1. The van der Waals surface area contributed by atoms with E-state index in [4.69, 9.17) is 4.74 Å². The van der Waals surface area contributed by atoms with E-state index in [0.717, 1.165) is 0 Å². The van der Waals surface area contributed by atoms with Crippen molar-refractivity contribution in [2.75, 3.05) is 14.2 Å². The summed E-state index contributed by atoms with van der Waals surface area (Å²) >= 11 is 0.